The SMILES string of the molecule is N#C/C(=C/c1ccccc1OCc1ccc([N+](=O)[O-])cc1)C(=O)NC1CCCC1. The molecule has 0 aliphatic heterocycles. The van der Waals surface area contributed by atoms with Crippen LogP contribution in [0.5, 0.6) is 5.75 Å². The summed E-state index contributed by atoms with van der Waals surface area (Å²) in [5.74, 6) is 0.150. The maximum absolute atomic E-state index is 12.4. The summed E-state index contributed by atoms with van der Waals surface area (Å²) in [4.78, 5) is 22.7. The van der Waals surface area contributed by atoms with Crippen LogP contribution in [0.2, 0.25) is 0 Å². The number of nitro groups is 1. The molecule has 2 aromatic rings. The predicted octanol–water partition coefficient (Wildman–Crippen LogP) is 4.14. The summed E-state index contributed by atoms with van der Waals surface area (Å²) in [6.45, 7) is 0.207. The fourth-order valence-corrected chi connectivity index (χ4v) is 3.24. The average Bonchev–Trinajstić information content (AvgIpc) is 3.24. The Balaban J connectivity index is 1.71. The van der Waals surface area contributed by atoms with Crippen LogP contribution in [-0.2, 0) is 11.4 Å². The van der Waals surface area contributed by atoms with E-state index in [0.29, 0.717) is 11.3 Å². The molecule has 148 valence electrons. The number of rotatable bonds is 7. The van der Waals surface area contributed by atoms with Crippen LogP contribution < -0.4 is 10.1 Å². The highest BCUT2D eigenvalue weighted by Gasteiger charge is 2.19. The third-order valence-electron chi connectivity index (χ3n) is 4.82. The van der Waals surface area contributed by atoms with Crippen molar-refractivity contribution in [1.82, 2.24) is 5.32 Å². The van der Waals surface area contributed by atoms with E-state index in [9.17, 15) is 20.2 Å². The van der Waals surface area contributed by atoms with E-state index in [2.05, 4.69) is 5.32 Å². The predicted molar refractivity (Wildman–Crippen MR) is 108 cm³/mol. The minimum atomic E-state index is -0.454. The molecule has 3 rings (SSSR count). The van der Waals surface area contributed by atoms with E-state index in [-0.39, 0.29) is 29.8 Å². The molecule has 1 fully saturated rings. The molecule has 0 saturated heterocycles. The van der Waals surface area contributed by atoms with Crippen molar-refractivity contribution in [2.24, 2.45) is 0 Å². The number of carbonyl (C=O) groups excluding carboxylic acids is 1. The Labute approximate surface area is 168 Å². The molecular weight excluding hydrogens is 370 g/mol. The van der Waals surface area contributed by atoms with E-state index in [1.54, 1.807) is 36.4 Å². The fraction of sp³-hybridized carbons (Fsp3) is 0.273. The highest BCUT2D eigenvalue weighted by Crippen LogP contribution is 2.23. The van der Waals surface area contributed by atoms with Gasteiger partial charge in [-0.15, -0.1) is 0 Å². The molecular formula is C22H21N3O4. The Morgan fingerprint density at radius 3 is 2.55 bits per heavy atom. The van der Waals surface area contributed by atoms with E-state index in [1.807, 2.05) is 6.07 Å². The first-order chi connectivity index (χ1) is 14.1. The van der Waals surface area contributed by atoms with Gasteiger partial charge in [0.25, 0.3) is 11.6 Å². The monoisotopic (exact) mass is 391 g/mol. The molecule has 0 radical (unpaired) electrons. The van der Waals surface area contributed by atoms with Crippen molar-refractivity contribution in [2.45, 2.75) is 38.3 Å². The molecule has 1 aliphatic carbocycles. The lowest BCUT2D eigenvalue weighted by Crippen LogP contribution is -2.33. The van der Waals surface area contributed by atoms with Crippen LogP contribution in [0.15, 0.2) is 54.1 Å². The number of hydrogen-bond donors (Lipinski definition) is 1. The van der Waals surface area contributed by atoms with Gasteiger partial charge in [-0.3, -0.25) is 14.9 Å². The van der Waals surface area contributed by atoms with Gasteiger partial charge in [0.1, 0.15) is 24.0 Å². The Kier molecular flexibility index (Phi) is 6.59. The van der Waals surface area contributed by atoms with Crippen LogP contribution in [-0.4, -0.2) is 16.9 Å². The molecule has 1 N–H and O–H groups in total. The van der Waals surface area contributed by atoms with Gasteiger partial charge in [0.2, 0.25) is 0 Å². The van der Waals surface area contributed by atoms with Crippen molar-refractivity contribution in [3.05, 3.63) is 75.3 Å². The number of nitriles is 1. The van der Waals surface area contributed by atoms with Gasteiger partial charge in [0.15, 0.2) is 0 Å². The van der Waals surface area contributed by atoms with Crippen molar-refractivity contribution in [3.8, 4) is 11.8 Å². The number of benzene rings is 2. The van der Waals surface area contributed by atoms with Gasteiger partial charge < -0.3 is 10.1 Å². The summed E-state index contributed by atoms with van der Waals surface area (Å²) in [5, 5.41) is 23.1. The minimum Gasteiger partial charge on any atom is -0.488 e. The molecule has 7 heteroatoms. The summed E-state index contributed by atoms with van der Waals surface area (Å²) in [7, 11) is 0. The average molecular weight is 391 g/mol. The molecule has 2 aromatic carbocycles. The zero-order chi connectivity index (χ0) is 20.6. The molecule has 0 unspecified atom stereocenters. The summed E-state index contributed by atoms with van der Waals surface area (Å²) < 4.78 is 5.83. The zero-order valence-corrected chi connectivity index (χ0v) is 15.8. The van der Waals surface area contributed by atoms with Crippen LogP contribution in [0.25, 0.3) is 6.08 Å². The van der Waals surface area contributed by atoms with Gasteiger partial charge in [-0.05, 0) is 42.7 Å². The molecule has 0 aromatic heterocycles. The van der Waals surface area contributed by atoms with E-state index in [0.717, 1.165) is 31.2 Å². The van der Waals surface area contributed by atoms with Crippen LogP contribution in [0.4, 0.5) is 5.69 Å². The first-order valence-corrected chi connectivity index (χ1v) is 9.44. The number of para-hydroxylation sites is 1. The number of ether oxygens (including phenoxy) is 1. The number of nitrogens with one attached hydrogen (secondary N) is 1. The van der Waals surface area contributed by atoms with Crippen molar-refractivity contribution in [1.29, 1.82) is 5.26 Å². The second-order valence-electron chi connectivity index (χ2n) is 6.87. The Morgan fingerprint density at radius 1 is 1.21 bits per heavy atom. The van der Waals surface area contributed by atoms with E-state index >= 15 is 0 Å². The molecule has 1 aliphatic rings. The third-order valence-corrected chi connectivity index (χ3v) is 4.82. The Morgan fingerprint density at radius 2 is 1.90 bits per heavy atom. The van der Waals surface area contributed by atoms with Gasteiger partial charge in [-0.1, -0.05) is 31.0 Å². The summed E-state index contributed by atoms with van der Waals surface area (Å²) in [6.07, 6.45) is 5.60. The van der Waals surface area contributed by atoms with E-state index in [1.165, 1.54) is 18.2 Å². The second kappa shape index (κ2) is 9.51. The molecule has 7 nitrogen and oxygen atoms in total. The minimum absolute atomic E-state index is 0.0176. The van der Waals surface area contributed by atoms with Gasteiger partial charge in [0.05, 0.1) is 4.92 Å². The zero-order valence-electron chi connectivity index (χ0n) is 15.8. The maximum Gasteiger partial charge on any atom is 0.269 e. The van der Waals surface area contributed by atoms with Crippen molar-refractivity contribution in [3.63, 3.8) is 0 Å². The lowest BCUT2D eigenvalue weighted by Gasteiger charge is -2.12. The van der Waals surface area contributed by atoms with Crippen molar-refractivity contribution in [2.75, 3.05) is 0 Å². The van der Waals surface area contributed by atoms with Crippen LogP contribution in [0.3, 0.4) is 0 Å². The molecule has 0 heterocycles. The smallest absolute Gasteiger partial charge is 0.269 e. The summed E-state index contributed by atoms with van der Waals surface area (Å²) >= 11 is 0. The lowest BCUT2D eigenvalue weighted by molar-refractivity contribution is -0.384. The second-order valence-corrected chi connectivity index (χ2v) is 6.87. The molecule has 0 spiro atoms. The standard InChI is InChI=1S/C22H21N3O4/c23-14-18(22(26)24-19-6-2-3-7-19)13-17-5-1-4-8-21(17)29-15-16-9-11-20(12-10-16)25(27)28/h1,4-5,8-13,19H,2-3,6-7,15H2,(H,24,26)/b18-13-. The number of non-ortho nitro benzene ring substituents is 1. The Bertz CT molecular complexity index is 955. The van der Waals surface area contributed by atoms with Crippen LogP contribution in [0.1, 0.15) is 36.8 Å². The first kappa shape index (κ1) is 20.1. The summed E-state index contributed by atoms with van der Waals surface area (Å²) in [6, 6.07) is 15.3. The van der Waals surface area contributed by atoms with Gasteiger partial charge in [0, 0.05) is 23.7 Å². The topological polar surface area (TPSA) is 105 Å². The quantitative estimate of drug-likeness (QED) is 0.330. The fourth-order valence-electron chi connectivity index (χ4n) is 3.24. The van der Waals surface area contributed by atoms with Gasteiger partial charge in [-0.2, -0.15) is 5.26 Å². The molecule has 1 amide bonds. The van der Waals surface area contributed by atoms with E-state index in [4.69, 9.17) is 4.74 Å². The molecule has 0 atom stereocenters. The number of hydrogen-bond acceptors (Lipinski definition) is 5. The highest BCUT2D eigenvalue weighted by atomic mass is 16.6. The first-order valence-electron chi connectivity index (χ1n) is 9.44. The molecule has 1 saturated carbocycles. The lowest BCUT2D eigenvalue weighted by atomic mass is 10.1. The molecule has 29 heavy (non-hydrogen) atoms. The van der Waals surface area contributed by atoms with Crippen molar-refractivity contribution < 1.29 is 14.5 Å². The number of nitrogens with zero attached hydrogens (tertiary/aromatic N) is 2. The number of nitro benzene ring substituents is 1. The molecule has 0 bridgehead atoms. The Hall–Kier alpha value is -3.66. The number of amides is 1. The largest absolute Gasteiger partial charge is 0.488 e. The van der Waals surface area contributed by atoms with Crippen molar-refractivity contribution >= 4 is 17.7 Å². The normalized spacial score (nSPS) is 14.2. The van der Waals surface area contributed by atoms with Gasteiger partial charge in [-0.25, -0.2) is 0 Å². The third kappa shape index (κ3) is 5.42. The maximum atomic E-state index is 12.4. The van der Waals surface area contributed by atoms with Crippen LogP contribution in [0, 0.1) is 21.4 Å². The summed E-state index contributed by atoms with van der Waals surface area (Å²) in [5.41, 5.74) is 1.44. The van der Waals surface area contributed by atoms with E-state index < -0.39 is 4.92 Å². The van der Waals surface area contributed by atoms with Crippen LogP contribution >= 0.6 is 0 Å². The number of carbonyl (C=O) groups is 1. The highest BCUT2D eigenvalue weighted by molar-refractivity contribution is 6.02. The van der Waals surface area contributed by atoms with Gasteiger partial charge >= 0.3 is 0 Å².